The monoisotopic (exact) mass is 342 g/mol. The molecule has 4 rings (SSSR count). The highest BCUT2D eigenvalue weighted by molar-refractivity contribution is 5.94. The van der Waals surface area contributed by atoms with Gasteiger partial charge in [-0.05, 0) is 70.9 Å². The number of benzene rings is 2. The Morgan fingerprint density at radius 3 is 1.69 bits per heavy atom. The molecule has 126 valence electrons. The van der Waals surface area contributed by atoms with E-state index in [-0.39, 0.29) is 25.2 Å². The predicted molar refractivity (Wildman–Crippen MR) is 94.6 cm³/mol. The van der Waals surface area contributed by atoms with Gasteiger partial charge in [-0.25, -0.2) is 9.59 Å². The van der Waals surface area contributed by atoms with Gasteiger partial charge in [0.1, 0.15) is 0 Å². The van der Waals surface area contributed by atoms with Gasteiger partial charge in [0.15, 0.2) is 13.2 Å². The van der Waals surface area contributed by atoms with E-state index in [2.05, 4.69) is 23.7 Å². The van der Waals surface area contributed by atoms with Crippen molar-refractivity contribution in [1.82, 2.24) is 0 Å². The van der Waals surface area contributed by atoms with Crippen LogP contribution in [0.3, 0.4) is 0 Å². The zero-order valence-corrected chi connectivity index (χ0v) is 13.9. The van der Waals surface area contributed by atoms with Crippen molar-refractivity contribution in [3.05, 3.63) is 69.8 Å². The van der Waals surface area contributed by atoms with Gasteiger partial charge in [0, 0.05) is 0 Å². The van der Waals surface area contributed by atoms with Crippen LogP contribution < -0.4 is 0 Å². The third kappa shape index (κ3) is 3.45. The molecule has 0 aliphatic heterocycles. The SMILES string of the molecule is O=C(OCC#CC#CCOC(=O)c1cccc2c1C2)c1cccc2c1C2. The Balaban J connectivity index is 1.19. The fraction of sp³-hybridized carbons (Fsp3) is 0.182. The molecular weight excluding hydrogens is 328 g/mol. The molecule has 0 saturated carbocycles. The number of rotatable bonds is 4. The average molecular weight is 342 g/mol. The van der Waals surface area contributed by atoms with E-state index in [0.717, 1.165) is 24.0 Å². The van der Waals surface area contributed by atoms with Gasteiger partial charge in [-0.1, -0.05) is 24.3 Å². The molecular formula is C22H14O4. The lowest BCUT2D eigenvalue weighted by atomic mass is 10.2. The maximum absolute atomic E-state index is 11.9. The first-order valence-corrected chi connectivity index (χ1v) is 8.25. The molecule has 2 aliphatic rings. The van der Waals surface area contributed by atoms with Crippen LogP contribution >= 0.6 is 0 Å². The van der Waals surface area contributed by atoms with Gasteiger partial charge in [-0.3, -0.25) is 0 Å². The van der Waals surface area contributed by atoms with Crippen LogP contribution in [0.5, 0.6) is 0 Å². The number of ether oxygens (including phenoxy) is 2. The summed E-state index contributed by atoms with van der Waals surface area (Å²) in [6, 6.07) is 11.2. The molecule has 2 aromatic carbocycles. The Morgan fingerprint density at radius 1 is 0.769 bits per heavy atom. The molecule has 0 radical (unpaired) electrons. The summed E-state index contributed by atoms with van der Waals surface area (Å²) in [6.45, 7) is -0.0414. The zero-order chi connectivity index (χ0) is 17.9. The van der Waals surface area contributed by atoms with Crippen molar-refractivity contribution in [2.75, 3.05) is 13.2 Å². The van der Waals surface area contributed by atoms with Crippen LogP contribution in [0.1, 0.15) is 43.0 Å². The van der Waals surface area contributed by atoms with Gasteiger partial charge in [-0.15, -0.1) is 0 Å². The summed E-state index contributed by atoms with van der Waals surface area (Å²) in [6.07, 6.45) is 1.72. The molecule has 4 nitrogen and oxygen atoms in total. The van der Waals surface area contributed by atoms with E-state index in [1.54, 1.807) is 12.1 Å². The minimum atomic E-state index is -0.362. The summed E-state index contributed by atoms with van der Waals surface area (Å²) in [4.78, 5) is 23.8. The van der Waals surface area contributed by atoms with E-state index >= 15 is 0 Å². The molecule has 0 atom stereocenters. The van der Waals surface area contributed by atoms with Gasteiger partial charge in [0.05, 0.1) is 11.1 Å². The number of hydrogen-bond donors (Lipinski definition) is 0. The molecule has 0 bridgehead atoms. The number of carbonyl (C=O) groups is 2. The van der Waals surface area contributed by atoms with Crippen molar-refractivity contribution < 1.29 is 19.1 Å². The summed E-state index contributed by atoms with van der Waals surface area (Å²) in [7, 11) is 0. The Kier molecular flexibility index (Phi) is 4.17. The molecule has 0 aromatic heterocycles. The Bertz CT molecular complexity index is 956. The highest BCUT2D eigenvalue weighted by Crippen LogP contribution is 2.32. The smallest absolute Gasteiger partial charge is 0.339 e. The van der Waals surface area contributed by atoms with Crippen molar-refractivity contribution in [3.63, 3.8) is 0 Å². The molecule has 0 amide bonds. The highest BCUT2D eigenvalue weighted by Gasteiger charge is 2.25. The van der Waals surface area contributed by atoms with E-state index in [1.807, 2.05) is 24.3 Å². The summed E-state index contributed by atoms with van der Waals surface area (Å²) in [5.41, 5.74) is 5.74. The number of hydrogen-bond acceptors (Lipinski definition) is 4. The summed E-state index contributed by atoms with van der Waals surface area (Å²) < 4.78 is 10.2. The highest BCUT2D eigenvalue weighted by atomic mass is 16.5. The maximum atomic E-state index is 11.9. The van der Waals surface area contributed by atoms with Crippen LogP contribution in [0, 0.1) is 23.7 Å². The summed E-state index contributed by atoms with van der Waals surface area (Å²) >= 11 is 0. The molecule has 0 fully saturated rings. The second-order valence-corrected chi connectivity index (χ2v) is 6.00. The van der Waals surface area contributed by atoms with Gasteiger partial charge in [-0.2, -0.15) is 0 Å². The van der Waals surface area contributed by atoms with E-state index in [4.69, 9.17) is 9.47 Å². The van der Waals surface area contributed by atoms with Crippen molar-refractivity contribution in [2.45, 2.75) is 12.8 Å². The van der Waals surface area contributed by atoms with Crippen molar-refractivity contribution in [2.24, 2.45) is 0 Å². The van der Waals surface area contributed by atoms with Crippen LogP contribution in [-0.4, -0.2) is 25.2 Å². The Morgan fingerprint density at radius 2 is 1.23 bits per heavy atom. The summed E-state index contributed by atoms with van der Waals surface area (Å²) in [5.74, 6) is 9.73. The minimum absolute atomic E-state index is 0.0207. The lowest BCUT2D eigenvalue weighted by molar-refractivity contribution is 0.0547. The average Bonchev–Trinajstić information content (AvgIpc) is 3.55. The largest absolute Gasteiger partial charge is 0.449 e. The third-order valence-corrected chi connectivity index (χ3v) is 4.26. The summed E-state index contributed by atoms with van der Waals surface area (Å²) in [5, 5.41) is 0. The lowest BCUT2D eigenvalue weighted by Gasteiger charge is -1.99. The van der Waals surface area contributed by atoms with Crippen LogP contribution in [0.4, 0.5) is 0 Å². The van der Waals surface area contributed by atoms with E-state index in [1.165, 1.54) is 11.1 Å². The Hall–Kier alpha value is -3.50. The molecule has 0 unspecified atom stereocenters. The normalized spacial score (nSPS) is 11.5. The van der Waals surface area contributed by atoms with Crippen LogP contribution in [0.2, 0.25) is 0 Å². The fourth-order valence-electron chi connectivity index (χ4n) is 2.77. The molecule has 2 aromatic rings. The van der Waals surface area contributed by atoms with E-state index in [9.17, 15) is 9.59 Å². The molecule has 0 heterocycles. The first-order chi connectivity index (χ1) is 12.7. The molecule has 0 N–H and O–H groups in total. The topological polar surface area (TPSA) is 52.6 Å². The van der Waals surface area contributed by atoms with E-state index < -0.39 is 0 Å². The number of fused-ring (bicyclic) bond motifs is 2. The molecule has 26 heavy (non-hydrogen) atoms. The van der Waals surface area contributed by atoms with Gasteiger partial charge >= 0.3 is 11.9 Å². The van der Waals surface area contributed by atoms with Crippen molar-refractivity contribution in [1.29, 1.82) is 0 Å². The number of esters is 2. The van der Waals surface area contributed by atoms with Crippen molar-refractivity contribution in [3.8, 4) is 23.7 Å². The van der Waals surface area contributed by atoms with Crippen LogP contribution in [-0.2, 0) is 22.3 Å². The standard InChI is InChI=1S/C22H14O4/c23-21(17-9-5-7-15-13-19(15)17)25-11-3-1-2-4-12-26-22(24)18-10-6-8-16-14-20(16)18/h5-10H,11-14H2. The first-order valence-electron chi connectivity index (χ1n) is 8.25. The quantitative estimate of drug-likeness (QED) is 0.422. The van der Waals surface area contributed by atoms with Crippen LogP contribution in [0.15, 0.2) is 36.4 Å². The zero-order valence-electron chi connectivity index (χ0n) is 13.9. The van der Waals surface area contributed by atoms with Crippen LogP contribution in [0.25, 0.3) is 0 Å². The lowest BCUT2D eigenvalue weighted by Crippen LogP contribution is -2.05. The molecule has 0 spiro atoms. The molecule has 4 heteroatoms. The maximum Gasteiger partial charge on any atom is 0.339 e. The predicted octanol–water partition coefficient (Wildman–Crippen LogP) is 2.52. The van der Waals surface area contributed by atoms with Gasteiger partial charge in [0.25, 0.3) is 0 Å². The third-order valence-electron chi connectivity index (χ3n) is 4.26. The molecule has 0 saturated heterocycles. The van der Waals surface area contributed by atoms with Crippen molar-refractivity contribution >= 4 is 11.9 Å². The fourth-order valence-corrected chi connectivity index (χ4v) is 2.77. The number of carbonyl (C=O) groups excluding carboxylic acids is 2. The second kappa shape index (κ2) is 6.78. The second-order valence-electron chi connectivity index (χ2n) is 6.00. The van der Waals surface area contributed by atoms with Gasteiger partial charge < -0.3 is 9.47 Å². The molecule has 2 aliphatic carbocycles. The van der Waals surface area contributed by atoms with Gasteiger partial charge in [0.2, 0.25) is 0 Å². The van der Waals surface area contributed by atoms with E-state index in [0.29, 0.717) is 11.1 Å². The minimum Gasteiger partial charge on any atom is -0.449 e. The first kappa shape index (κ1) is 16.0. The Labute approximate surface area is 151 Å².